The molecular formula is C15H19Br2N3O. The average Bonchev–Trinajstić information content (AvgIpc) is 2.70. The molecule has 0 aliphatic heterocycles. The second-order valence-corrected chi connectivity index (χ2v) is 6.56. The number of likely N-dealkylation sites (N-methyl/N-ethyl adjacent to an activating group) is 1. The van der Waals surface area contributed by atoms with Crippen LogP contribution in [0.2, 0.25) is 0 Å². The first-order chi connectivity index (χ1) is 9.97. The first-order valence-corrected chi connectivity index (χ1v) is 8.25. The van der Waals surface area contributed by atoms with Crippen molar-refractivity contribution < 1.29 is 4.74 Å². The van der Waals surface area contributed by atoms with Crippen LogP contribution in [0, 0.1) is 6.92 Å². The maximum absolute atomic E-state index is 5.28. The van der Waals surface area contributed by atoms with Gasteiger partial charge in [0.05, 0.1) is 27.4 Å². The topological polar surface area (TPSA) is 39.1 Å². The summed E-state index contributed by atoms with van der Waals surface area (Å²) in [4.78, 5) is 0. The van der Waals surface area contributed by atoms with Crippen molar-refractivity contribution in [3.63, 3.8) is 0 Å². The van der Waals surface area contributed by atoms with Gasteiger partial charge < -0.3 is 10.1 Å². The summed E-state index contributed by atoms with van der Waals surface area (Å²) in [6, 6.07) is 6.37. The van der Waals surface area contributed by atoms with E-state index >= 15 is 0 Å². The molecule has 1 unspecified atom stereocenters. The monoisotopic (exact) mass is 415 g/mol. The minimum Gasteiger partial charge on any atom is -0.496 e. The third kappa shape index (κ3) is 3.49. The van der Waals surface area contributed by atoms with Gasteiger partial charge in [0.2, 0.25) is 0 Å². The highest BCUT2D eigenvalue weighted by Gasteiger charge is 2.18. The molecule has 2 aromatic rings. The fourth-order valence-corrected chi connectivity index (χ4v) is 3.44. The fraction of sp³-hybridized carbons (Fsp3) is 0.400. The van der Waals surface area contributed by atoms with Crippen molar-refractivity contribution in [2.45, 2.75) is 19.4 Å². The van der Waals surface area contributed by atoms with Crippen molar-refractivity contribution in [1.29, 1.82) is 0 Å². The van der Waals surface area contributed by atoms with Gasteiger partial charge in [0.15, 0.2) is 0 Å². The minimum atomic E-state index is 0.207. The molecule has 0 bridgehead atoms. The van der Waals surface area contributed by atoms with Crippen LogP contribution >= 0.6 is 31.9 Å². The van der Waals surface area contributed by atoms with Crippen molar-refractivity contribution in [3.05, 3.63) is 44.1 Å². The number of aryl methyl sites for hydroxylation is 2. The Bertz CT molecular complexity index is 640. The van der Waals surface area contributed by atoms with Crippen molar-refractivity contribution >= 4 is 31.9 Å². The lowest BCUT2D eigenvalue weighted by molar-refractivity contribution is 0.411. The van der Waals surface area contributed by atoms with Gasteiger partial charge in [-0.05, 0) is 63.5 Å². The molecule has 6 heteroatoms. The molecule has 21 heavy (non-hydrogen) atoms. The van der Waals surface area contributed by atoms with E-state index in [-0.39, 0.29) is 6.04 Å². The quantitative estimate of drug-likeness (QED) is 0.806. The highest BCUT2D eigenvalue weighted by molar-refractivity contribution is 9.10. The third-order valence-electron chi connectivity index (χ3n) is 3.59. The molecule has 1 atom stereocenters. The maximum atomic E-state index is 5.28. The number of benzene rings is 1. The second-order valence-electron chi connectivity index (χ2n) is 4.91. The Labute approximate surface area is 142 Å². The zero-order chi connectivity index (χ0) is 15.6. The van der Waals surface area contributed by atoms with E-state index in [9.17, 15) is 0 Å². The van der Waals surface area contributed by atoms with Crippen LogP contribution in [-0.4, -0.2) is 23.9 Å². The molecule has 1 aromatic heterocycles. The Hall–Kier alpha value is -0.850. The van der Waals surface area contributed by atoms with Crippen LogP contribution in [0.5, 0.6) is 5.75 Å². The summed E-state index contributed by atoms with van der Waals surface area (Å²) < 4.78 is 9.26. The lowest BCUT2D eigenvalue weighted by Gasteiger charge is -2.18. The lowest BCUT2D eigenvalue weighted by atomic mass is 10.0. The number of halogens is 2. The minimum absolute atomic E-state index is 0.207. The molecule has 1 aromatic carbocycles. The van der Waals surface area contributed by atoms with Crippen LogP contribution in [0.15, 0.2) is 27.1 Å². The van der Waals surface area contributed by atoms with Gasteiger partial charge in [-0.25, -0.2) is 0 Å². The molecule has 1 heterocycles. The number of hydrogen-bond acceptors (Lipinski definition) is 3. The molecular weight excluding hydrogens is 398 g/mol. The van der Waals surface area contributed by atoms with Gasteiger partial charge in [-0.2, -0.15) is 5.10 Å². The predicted octanol–water partition coefficient (Wildman–Crippen LogP) is 3.77. The van der Waals surface area contributed by atoms with Gasteiger partial charge in [-0.1, -0.05) is 6.07 Å². The van der Waals surface area contributed by atoms with Crippen LogP contribution in [0.1, 0.15) is 23.0 Å². The molecule has 0 saturated carbocycles. The molecule has 0 saturated heterocycles. The SMILES string of the molecule is CNC(Cc1c(Br)c(C)nn1C)c1ccc(OC)c(Br)c1. The summed E-state index contributed by atoms with van der Waals surface area (Å²) in [7, 11) is 5.62. The van der Waals surface area contributed by atoms with E-state index < -0.39 is 0 Å². The molecule has 2 rings (SSSR count). The van der Waals surface area contributed by atoms with E-state index in [1.54, 1.807) is 7.11 Å². The van der Waals surface area contributed by atoms with Crippen molar-refractivity contribution in [3.8, 4) is 5.75 Å². The highest BCUT2D eigenvalue weighted by atomic mass is 79.9. The number of methoxy groups -OCH3 is 1. The first-order valence-electron chi connectivity index (χ1n) is 6.66. The van der Waals surface area contributed by atoms with E-state index in [1.807, 2.05) is 31.8 Å². The Morgan fingerprint density at radius 3 is 2.57 bits per heavy atom. The Kier molecular flexibility index (Phi) is 5.46. The molecule has 0 aliphatic rings. The Morgan fingerprint density at radius 2 is 2.10 bits per heavy atom. The second kappa shape index (κ2) is 6.94. The Balaban J connectivity index is 2.30. The van der Waals surface area contributed by atoms with Gasteiger partial charge in [0.1, 0.15) is 5.75 Å². The molecule has 114 valence electrons. The van der Waals surface area contributed by atoms with E-state index in [2.05, 4.69) is 54.4 Å². The zero-order valence-corrected chi connectivity index (χ0v) is 15.7. The van der Waals surface area contributed by atoms with Gasteiger partial charge in [0, 0.05) is 19.5 Å². The Morgan fingerprint density at radius 1 is 1.38 bits per heavy atom. The highest BCUT2D eigenvalue weighted by Crippen LogP contribution is 2.30. The van der Waals surface area contributed by atoms with Gasteiger partial charge >= 0.3 is 0 Å². The molecule has 0 radical (unpaired) electrons. The number of nitrogens with zero attached hydrogens (tertiary/aromatic N) is 2. The summed E-state index contributed by atoms with van der Waals surface area (Å²) >= 11 is 7.17. The first kappa shape index (κ1) is 16.5. The van der Waals surface area contributed by atoms with Crippen LogP contribution in [0.4, 0.5) is 0 Å². The smallest absolute Gasteiger partial charge is 0.133 e. The number of nitrogens with one attached hydrogen (secondary N) is 1. The van der Waals surface area contributed by atoms with Gasteiger partial charge in [-0.3, -0.25) is 4.68 Å². The normalized spacial score (nSPS) is 12.5. The summed E-state index contributed by atoms with van der Waals surface area (Å²) in [5.41, 5.74) is 3.40. The van der Waals surface area contributed by atoms with Crippen LogP contribution in [-0.2, 0) is 13.5 Å². The van der Waals surface area contributed by atoms with Crippen molar-refractivity contribution in [2.75, 3.05) is 14.2 Å². The zero-order valence-electron chi connectivity index (χ0n) is 12.6. The van der Waals surface area contributed by atoms with Crippen molar-refractivity contribution in [1.82, 2.24) is 15.1 Å². The summed E-state index contributed by atoms with van der Waals surface area (Å²) in [5.74, 6) is 0.839. The van der Waals surface area contributed by atoms with E-state index in [0.717, 1.165) is 26.8 Å². The van der Waals surface area contributed by atoms with Crippen LogP contribution in [0.25, 0.3) is 0 Å². The average molecular weight is 417 g/mol. The maximum Gasteiger partial charge on any atom is 0.133 e. The molecule has 0 aliphatic carbocycles. The fourth-order valence-electron chi connectivity index (χ4n) is 2.38. The molecule has 1 N–H and O–H groups in total. The van der Waals surface area contributed by atoms with E-state index in [1.165, 1.54) is 11.3 Å². The molecule has 4 nitrogen and oxygen atoms in total. The largest absolute Gasteiger partial charge is 0.496 e. The molecule has 0 amide bonds. The molecule has 0 fully saturated rings. The van der Waals surface area contributed by atoms with Gasteiger partial charge in [-0.15, -0.1) is 0 Å². The summed E-state index contributed by atoms with van der Waals surface area (Å²) in [5, 5.41) is 7.82. The van der Waals surface area contributed by atoms with E-state index in [0.29, 0.717) is 0 Å². The third-order valence-corrected chi connectivity index (χ3v) is 5.24. The van der Waals surface area contributed by atoms with Crippen LogP contribution < -0.4 is 10.1 Å². The lowest BCUT2D eigenvalue weighted by Crippen LogP contribution is -2.20. The standard InChI is InChI=1S/C15H19Br2N3O/c1-9-15(17)13(20(3)19-9)8-12(18-2)10-5-6-14(21-4)11(16)7-10/h5-7,12,18H,8H2,1-4H3. The van der Waals surface area contributed by atoms with E-state index in [4.69, 9.17) is 4.74 Å². The number of hydrogen-bond donors (Lipinski definition) is 1. The van der Waals surface area contributed by atoms with Gasteiger partial charge in [0.25, 0.3) is 0 Å². The number of aromatic nitrogens is 2. The summed E-state index contributed by atoms with van der Waals surface area (Å²) in [6.07, 6.45) is 0.854. The summed E-state index contributed by atoms with van der Waals surface area (Å²) in [6.45, 7) is 2.01. The van der Waals surface area contributed by atoms with Crippen LogP contribution in [0.3, 0.4) is 0 Å². The predicted molar refractivity (Wildman–Crippen MR) is 91.8 cm³/mol. The number of ether oxygens (including phenoxy) is 1. The van der Waals surface area contributed by atoms with Crippen molar-refractivity contribution in [2.24, 2.45) is 7.05 Å². The molecule has 0 spiro atoms. The number of rotatable bonds is 5.